The minimum absolute atomic E-state index is 0.0276. The fraction of sp³-hybridized carbons (Fsp3) is 0.538. The van der Waals surface area contributed by atoms with Crippen LogP contribution in [0, 0.1) is 5.92 Å². The predicted molar refractivity (Wildman–Crippen MR) is 80.8 cm³/mol. The van der Waals surface area contributed by atoms with Gasteiger partial charge in [-0.3, -0.25) is 4.79 Å². The highest BCUT2D eigenvalue weighted by Crippen LogP contribution is 2.23. The normalized spacial score (nSPS) is 18.3. The van der Waals surface area contributed by atoms with Crippen molar-refractivity contribution in [3.8, 4) is 0 Å². The summed E-state index contributed by atoms with van der Waals surface area (Å²) in [5.41, 5.74) is 1.10. The molecule has 0 radical (unpaired) electrons. The van der Waals surface area contributed by atoms with Gasteiger partial charge in [0, 0.05) is 33.1 Å². The van der Waals surface area contributed by atoms with Gasteiger partial charge in [0.2, 0.25) is 0 Å². The molecule has 110 valence electrons. The molecule has 20 heavy (non-hydrogen) atoms. The van der Waals surface area contributed by atoms with Crippen molar-refractivity contribution in [2.24, 2.45) is 5.92 Å². The Balaban J connectivity index is 1.86. The molecule has 1 N–H and O–H groups in total. The summed E-state index contributed by atoms with van der Waals surface area (Å²) >= 11 is 5.00. The summed E-state index contributed by atoms with van der Waals surface area (Å²) < 4.78 is 1.05. The minimum Gasteiger partial charge on any atom is -0.481 e. The Kier molecular flexibility index (Phi) is 5.04. The Morgan fingerprint density at radius 2 is 2.35 bits per heavy atom. The number of thiophene rings is 1. The van der Waals surface area contributed by atoms with Crippen molar-refractivity contribution in [2.75, 3.05) is 20.1 Å². The fourth-order valence-corrected chi connectivity index (χ4v) is 3.63. The monoisotopic (exact) mass is 360 g/mol. The van der Waals surface area contributed by atoms with E-state index in [1.54, 1.807) is 28.2 Å². The van der Waals surface area contributed by atoms with E-state index in [2.05, 4.69) is 15.9 Å². The first kappa shape index (κ1) is 15.3. The van der Waals surface area contributed by atoms with Crippen molar-refractivity contribution in [3.05, 3.63) is 20.8 Å². The van der Waals surface area contributed by atoms with Crippen molar-refractivity contribution in [2.45, 2.75) is 19.4 Å². The molecule has 0 aliphatic carbocycles. The molecule has 1 aliphatic rings. The summed E-state index contributed by atoms with van der Waals surface area (Å²) in [5, 5.41) is 10.8. The molecule has 0 aromatic carbocycles. The Bertz CT molecular complexity index is 506. The molecule has 7 heteroatoms. The second kappa shape index (κ2) is 6.58. The number of amides is 2. The maximum absolute atomic E-state index is 12.3. The number of urea groups is 1. The number of carbonyl (C=O) groups is 2. The van der Waals surface area contributed by atoms with Crippen molar-refractivity contribution in [1.82, 2.24) is 9.80 Å². The van der Waals surface area contributed by atoms with E-state index in [1.165, 1.54) is 0 Å². The molecule has 1 aliphatic heterocycles. The van der Waals surface area contributed by atoms with Crippen molar-refractivity contribution in [3.63, 3.8) is 0 Å². The Hall–Kier alpha value is -1.08. The van der Waals surface area contributed by atoms with E-state index in [0.717, 1.165) is 15.8 Å². The lowest BCUT2D eigenvalue weighted by atomic mass is 10.1. The lowest BCUT2D eigenvalue weighted by Gasteiger charge is -2.24. The summed E-state index contributed by atoms with van der Waals surface area (Å²) in [7, 11) is 1.78. The maximum atomic E-state index is 12.3. The zero-order valence-electron chi connectivity index (χ0n) is 11.2. The van der Waals surface area contributed by atoms with E-state index in [-0.39, 0.29) is 18.4 Å². The molecule has 1 saturated heterocycles. The number of carboxylic acids is 1. The number of hydrogen-bond acceptors (Lipinski definition) is 3. The lowest BCUT2D eigenvalue weighted by Crippen LogP contribution is -2.39. The van der Waals surface area contributed by atoms with Crippen LogP contribution in [0.5, 0.6) is 0 Å². The summed E-state index contributed by atoms with van der Waals surface area (Å²) in [4.78, 5) is 26.4. The van der Waals surface area contributed by atoms with Gasteiger partial charge < -0.3 is 14.9 Å². The van der Waals surface area contributed by atoms with Crippen LogP contribution >= 0.6 is 27.3 Å². The largest absolute Gasteiger partial charge is 0.481 e. The van der Waals surface area contributed by atoms with Gasteiger partial charge in [-0.2, -0.15) is 0 Å². The van der Waals surface area contributed by atoms with E-state index < -0.39 is 5.97 Å². The molecule has 1 fully saturated rings. The zero-order chi connectivity index (χ0) is 14.7. The van der Waals surface area contributed by atoms with Crippen molar-refractivity contribution < 1.29 is 14.7 Å². The number of carboxylic acid groups (broad SMARTS) is 1. The Morgan fingerprint density at radius 1 is 1.60 bits per heavy atom. The van der Waals surface area contributed by atoms with Gasteiger partial charge in [0.15, 0.2) is 0 Å². The Labute approximate surface area is 130 Å². The topological polar surface area (TPSA) is 60.9 Å². The van der Waals surface area contributed by atoms with E-state index in [1.807, 2.05) is 11.4 Å². The first-order valence-corrected chi connectivity index (χ1v) is 8.07. The van der Waals surface area contributed by atoms with Gasteiger partial charge >= 0.3 is 12.0 Å². The van der Waals surface area contributed by atoms with Gasteiger partial charge in [-0.05, 0) is 45.3 Å². The summed E-state index contributed by atoms with van der Waals surface area (Å²) in [5.74, 6) is -0.707. The molecule has 5 nitrogen and oxygen atoms in total. The van der Waals surface area contributed by atoms with E-state index in [9.17, 15) is 9.59 Å². The van der Waals surface area contributed by atoms with Crippen LogP contribution in [0.25, 0.3) is 0 Å². The number of carbonyl (C=O) groups excluding carboxylic acids is 1. The molecule has 0 bridgehead atoms. The molecule has 2 rings (SSSR count). The third-order valence-electron chi connectivity index (χ3n) is 3.39. The minimum atomic E-state index is -0.791. The summed E-state index contributed by atoms with van der Waals surface area (Å²) in [6.07, 6.45) is 0.918. The number of aliphatic carboxylic acids is 1. The number of likely N-dealkylation sites (tertiary alicyclic amines) is 1. The summed E-state index contributed by atoms with van der Waals surface area (Å²) in [6, 6.07) is 1.98. The number of halogens is 1. The highest BCUT2D eigenvalue weighted by atomic mass is 79.9. The average Bonchev–Trinajstić information content (AvgIpc) is 2.97. The molecule has 0 saturated carbocycles. The average molecular weight is 361 g/mol. The van der Waals surface area contributed by atoms with Crippen molar-refractivity contribution in [1.29, 1.82) is 0 Å². The van der Waals surface area contributed by atoms with Crippen LogP contribution in [0.1, 0.15) is 18.4 Å². The first-order valence-electron chi connectivity index (χ1n) is 6.40. The SMILES string of the molecule is CN(Cc1csc(Br)c1)C(=O)N1CCC(CC(=O)O)C1. The van der Waals surface area contributed by atoms with Gasteiger partial charge in [-0.25, -0.2) is 4.79 Å². The van der Waals surface area contributed by atoms with Crippen LogP contribution in [0.3, 0.4) is 0 Å². The first-order chi connectivity index (χ1) is 9.45. The highest BCUT2D eigenvalue weighted by molar-refractivity contribution is 9.11. The predicted octanol–water partition coefficient (Wildman–Crippen LogP) is 2.86. The van der Waals surface area contributed by atoms with Crippen molar-refractivity contribution >= 4 is 39.3 Å². The molecular formula is C13H17BrN2O3S. The highest BCUT2D eigenvalue weighted by Gasteiger charge is 2.29. The lowest BCUT2D eigenvalue weighted by molar-refractivity contribution is -0.138. The second-order valence-corrected chi connectivity index (χ2v) is 7.39. The van der Waals surface area contributed by atoms with E-state index in [0.29, 0.717) is 19.6 Å². The standard InChI is InChI=1S/C13H17BrN2O3S/c1-15(6-10-4-11(14)20-8-10)13(19)16-3-2-9(7-16)5-12(17)18/h4,8-9H,2-3,5-7H2,1H3,(H,17,18). The zero-order valence-corrected chi connectivity index (χ0v) is 13.6. The van der Waals surface area contributed by atoms with Crippen LogP contribution in [0.2, 0.25) is 0 Å². The number of nitrogens with zero attached hydrogens (tertiary/aromatic N) is 2. The maximum Gasteiger partial charge on any atom is 0.320 e. The van der Waals surface area contributed by atoms with Gasteiger partial charge in [-0.1, -0.05) is 0 Å². The molecule has 0 spiro atoms. The summed E-state index contributed by atoms with van der Waals surface area (Å²) in [6.45, 7) is 1.76. The molecule has 2 amide bonds. The molecule has 1 aromatic rings. The third-order valence-corrected chi connectivity index (χ3v) is 4.94. The van der Waals surface area contributed by atoms with E-state index in [4.69, 9.17) is 5.11 Å². The molecule has 1 unspecified atom stereocenters. The molecular weight excluding hydrogens is 344 g/mol. The van der Waals surface area contributed by atoms with Crippen LogP contribution in [0.4, 0.5) is 4.79 Å². The smallest absolute Gasteiger partial charge is 0.320 e. The van der Waals surface area contributed by atoms with Gasteiger partial charge in [0.25, 0.3) is 0 Å². The third kappa shape index (κ3) is 3.96. The molecule has 2 heterocycles. The second-order valence-electron chi connectivity index (χ2n) is 5.10. The van der Waals surface area contributed by atoms with Gasteiger partial charge in [-0.15, -0.1) is 11.3 Å². The van der Waals surface area contributed by atoms with E-state index >= 15 is 0 Å². The van der Waals surface area contributed by atoms with Crippen LogP contribution in [0.15, 0.2) is 15.2 Å². The van der Waals surface area contributed by atoms with Crippen LogP contribution < -0.4 is 0 Å². The fourth-order valence-electron chi connectivity index (χ4n) is 2.43. The van der Waals surface area contributed by atoms with Gasteiger partial charge in [0.1, 0.15) is 0 Å². The van der Waals surface area contributed by atoms with Gasteiger partial charge in [0.05, 0.1) is 3.79 Å². The van der Waals surface area contributed by atoms with Crippen LogP contribution in [-0.2, 0) is 11.3 Å². The number of rotatable bonds is 4. The van der Waals surface area contributed by atoms with Crippen LogP contribution in [-0.4, -0.2) is 47.0 Å². The molecule has 1 aromatic heterocycles. The Morgan fingerprint density at radius 3 is 2.95 bits per heavy atom. The molecule has 1 atom stereocenters. The quantitative estimate of drug-likeness (QED) is 0.897. The number of hydrogen-bond donors (Lipinski definition) is 1.